The summed E-state index contributed by atoms with van der Waals surface area (Å²) in [4.78, 5) is 0. The smallest absolute Gasteiger partial charge is 0.149 e. The number of hydrogen-bond acceptors (Lipinski definition) is 1. The van der Waals surface area contributed by atoms with Crippen LogP contribution in [0, 0.1) is 0 Å². The average molecular weight is 169 g/mol. The molecule has 0 bridgehead atoms. The van der Waals surface area contributed by atoms with Gasteiger partial charge in [0.2, 0.25) is 0 Å². The highest BCUT2D eigenvalue weighted by Gasteiger charge is 2.64. The molecule has 0 saturated heterocycles. The first-order chi connectivity index (χ1) is 4.02. The third kappa shape index (κ3) is 1.19. The Morgan fingerprint density at radius 3 is 2.11 bits per heavy atom. The lowest BCUT2D eigenvalue weighted by atomic mass is 10.4. The van der Waals surface area contributed by atoms with Gasteiger partial charge in [-0.25, -0.2) is 0 Å². The molecule has 0 aromatic carbocycles. The minimum atomic E-state index is -0.622. The Labute approximate surface area is 65.3 Å². The third-order valence-electron chi connectivity index (χ3n) is 1.67. The van der Waals surface area contributed by atoms with Crippen LogP contribution in [0.5, 0.6) is 0 Å². The summed E-state index contributed by atoms with van der Waals surface area (Å²) in [5.41, 5.74) is -0.273. The molecular formula is C6H10Cl2O. The molecule has 1 fully saturated rings. The summed E-state index contributed by atoms with van der Waals surface area (Å²) in [6.07, 6.45) is 0.747. The van der Waals surface area contributed by atoms with Crippen molar-refractivity contribution < 1.29 is 4.74 Å². The van der Waals surface area contributed by atoms with Crippen LogP contribution in [0.4, 0.5) is 0 Å². The molecule has 0 spiro atoms. The lowest BCUT2D eigenvalue weighted by Gasteiger charge is -2.10. The second kappa shape index (κ2) is 2.01. The van der Waals surface area contributed by atoms with E-state index in [2.05, 4.69) is 0 Å². The first kappa shape index (κ1) is 7.64. The molecule has 0 radical (unpaired) electrons. The zero-order valence-corrected chi connectivity index (χ0v) is 7.09. The van der Waals surface area contributed by atoms with Crippen molar-refractivity contribution in [3.05, 3.63) is 0 Å². The van der Waals surface area contributed by atoms with E-state index in [9.17, 15) is 0 Å². The van der Waals surface area contributed by atoms with Gasteiger partial charge in [-0.15, -0.1) is 0 Å². The van der Waals surface area contributed by atoms with Crippen molar-refractivity contribution in [3.63, 3.8) is 0 Å². The first-order valence-electron chi connectivity index (χ1n) is 3.03. The Morgan fingerprint density at radius 2 is 2.00 bits per heavy atom. The SMILES string of the molecule is CCOC1(C)CC1(Cl)Cl. The van der Waals surface area contributed by atoms with Gasteiger partial charge in [0.05, 0.1) is 0 Å². The van der Waals surface area contributed by atoms with Crippen LogP contribution in [0.1, 0.15) is 20.3 Å². The molecule has 1 aliphatic carbocycles. The molecule has 0 amide bonds. The molecule has 1 atom stereocenters. The molecule has 54 valence electrons. The molecule has 1 nitrogen and oxygen atoms in total. The van der Waals surface area contributed by atoms with Crippen molar-refractivity contribution >= 4 is 23.2 Å². The average Bonchev–Trinajstić information content (AvgIpc) is 2.07. The summed E-state index contributed by atoms with van der Waals surface area (Å²) in [7, 11) is 0. The van der Waals surface area contributed by atoms with Crippen molar-refractivity contribution in [1.82, 2.24) is 0 Å². The molecule has 0 heterocycles. The van der Waals surface area contributed by atoms with Crippen LogP contribution in [0.15, 0.2) is 0 Å². The van der Waals surface area contributed by atoms with Crippen LogP contribution in [-0.4, -0.2) is 16.5 Å². The van der Waals surface area contributed by atoms with E-state index in [1.807, 2.05) is 13.8 Å². The molecule has 0 aromatic heterocycles. The number of hydrogen-bond donors (Lipinski definition) is 0. The standard InChI is InChI=1S/C6H10Cl2O/c1-3-9-5(2)4-6(5,7)8/h3-4H2,1-2H3. The van der Waals surface area contributed by atoms with E-state index in [-0.39, 0.29) is 5.60 Å². The van der Waals surface area contributed by atoms with Gasteiger partial charge in [-0.1, -0.05) is 23.2 Å². The molecule has 0 aromatic rings. The van der Waals surface area contributed by atoms with Gasteiger partial charge >= 0.3 is 0 Å². The van der Waals surface area contributed by atoms with Crippen molar-refractivity contribution in [2.75, 3.05) is 6.61 Å². The number of ether oxygens (including phenoxy) is 1. The zero-order valence-electron chi connectivity index (χ0n) is 5.58. The fourth-order valence-electron chi connectivity index (χ4n) is 0.855. The zero-order chi connectivity index (χ0) is 7.12. The minimum absolute atomic E-state index is 0.273. The van der Waals surface area contributed by atoms with E-state index >= 15 is 0 Å². The molecule has 1 unspecified atom stereocenters. The predicted octanol–water partition coefficient (Wildman–Crippen LogP) is 2.36. The molecule has 0 aliphatic heterocycles. The van der Waals surface area contributed by atoms with Crippen molar-refractivity contribution in [1.29, 1.82) is 0 Å². The van der Waals surface area contributed by atoms with E-state index in [4.69, 9.17) is 27.9 Å². The third-order valence-corrected chi connectivity index (χ3v) is 2.74. The highest BCUT2D eigenvalue weighted by atomic mass is 35.5. The maximum Gasteiger partial charge on any atom is 0.149 e. The monoisotopic (exact) mass is 168 g/mol. The normalized spacial score (nSPS) is 38.7. The number of alkyl halides is 2. The molecule has 0 N–H and O–H groups in total. The van der Waals surface area contributed by atoms with Crippen molar-refractivity contribution in [2.24, 2.45) is 0 Å². The summed E-state index contributed by atoms with van der Waals surface area (Å²) in [5, 5.41) is 0. The maximum absolute atomic E-state index is 5.77. The Bertz CT molecular complexity index is 124. The van der Waals surface area contributed by atoms with E-state index in [1.54, 1.807) is 0 Å². The van der Waals surface area contributed by atoms with E-state index in [1.165, 1.54) is 0 Å². The lowest BCUT2D eigenvalue weighted by Crippen LogP contribution is -2.16. The van der Waals surface area contributed by atoms with Gasteiger partial charge in [0.15, 0.2) is 0 Å². The lowest BCUT2D eigenvalue weighted by molar-refractivity contribution is 0.0542. The Morgan fingerprint density at radius 1 is 1.56 bits per heavy atom. The summed E-state index contributed by atoms with van der Waals surface area (Å²) >= 11 is 11.5. The van der Waals surface area contributed by atoms with Crippen molar-refractivity contribution in [3.8, 4) is 0 Å². The fourth-order valence-corrected chi connectivity index (χ4v) is 1.47. The fraction of sp³-hybridized carbons (Fsp3) is 1.00. The van der Waals surface area contributed by atoms with Crippen LogP contribution in [0.2, 0.25) is 0 Å². The van der Waals surface area contributed by atoms with E-state index < -0.39 is 4.33 Å². The highest BCUT2D eigenvalue weighted by Crippen LogP contribution is 2.58. The van der Waals surface area contributed by atoms with Gasteiger partial charge in [0.25, 0.3) is 0 Å². The van der Waals surface area contributed by atoms with Gasteiger partial charge < -0.3 is 4.74 Å². The topological polar surface area (TPSA) is 9.23 Å². The van der Waals surface area contributed by atoms with Crippen LogP contribution in [0.25, 0.3) is 0 Å². The number of halogens is 2. The quantitative estimate of drug-likeness (QED) is 0.576. The van der Waals surface area contributed by atoms with Crippen LogP contribution in [0.3, 0.4) is 0 Å². The molecular weight excluding hydrogens is 159 g/mol. The number of rotatable bonds is 2. The molecule has 1 rings (SSSR count). The Kier molecular flexibility index (Phi) is 1.71. The van der Waals surface area contributed by atoms with Crippen molar-refractivity contribution in [2.45, 2.75) is 30.2 Å². The summed E-state index contributed by atoms with van der Waals surface area (Å²) in [5.74, 6) is 0. The molecule has 3 heteroatoms. The van der Waals surface area contributed by atoms with Gasteiger partial charge in [-0.3, -0.25) is 0 Å². The van der Waals surface area contributed by atoms with Gasteiger partial charge in [-0.2, -0.15) is 0 Å². The Balaban J connectivity index is 2.42. The van der Waals surface area contributed by atoms with E-state index in [0.29, 0.717) is 6.61 Å². The van der Waals surface area contributed by atoms with E-state index in [0.717, 1.165) is 6.42 Å². The van der Waals surface area contributed by atoms with Gasteiger partial charge in [0, 0.05) is 13.0 Å². The largest absolute Gasteiger partial charge is 0.372 e. The highest BCUT2D eigenvalue weighted by molar-refractivity contribution is 6.52. The summed E-state index contributed by atoms with van der Waals surface area (Å²) in [6.45, 7) is 4.54. The molecule has 1 aliphatic rings. The Hall–Kier alpha value is 0.540. The van der Waals surface area contributed by atoms with Gasteiger partial charge in [-0.05, 0) is 13.8 Å². The van der Waals surface area contributed by atoms with Crippen LogP contribution in [-0.2, 0) is 4.74 Å². The maximum atomic E-state index is 5.77. The summed E-state index contributed by atoms with van der Waals surface area (Å²) < 4.78 is 4.67. The van der Waals surface area contributed by atoms with Gasteiger partial charge in [0.1, 0.15) is 9.93 Å². The minimum Gasteiger partial charge on any atom is -0.372 e. The molecule has 1 saturated carbocycles. The second-order valence-corrected chi connectivity index (χ2v) is 4.03. The molecule has 9 heavy (non-hydrogen) atoms. The summed E-state index contributed by atoms with van der Waals surface area (Å²) in [6, 6.07) is 0. The first-order valence-corrected chi connectivity index (χ1v) is 3.79. The van der Waals surface area contributed by atoms with Crippen LogP contribution >= 0.6 is 23.2 Å². The second-order valence-electron chi connectivity index (χ2n) is 2.55. The predicted molar refractivity (Wildman–Crippen MR) is 39.1 cm³/mol. The van der Waals surface area contributed by atoms with Crippen LogP contribution < -0.4 is 0 Å².